The van der Waals surface area contributed by atoms with Crippen LogP contribution in [0.25, 0.3) is 22.2 Å². The van der Waals surface area contributed by atoms with Gasteiger partial charge in [0.05, 0.1) is 16.6 Å². The number of phenolic OH excluding ortho intramolecular Hbond substituents is 2. The molecule has 0 spiro atoms. The molecule has 0 bridgehead atoms. The summed E-state index contributed by atoms with van der Waals surface area (Å²) in [5.74, 6) is 0.165. The van der Waals surface area contributed by atoms with E-state index in [0.717, 1.165) is 0 Å². The summed E-state index contributed by atoms with van der Waals surface area (Å²) in [5, 5.41) is 19.5. The summed E-state index contributed by atoms with van der Waals surface area (Å²) in [6.07, 6.45) is 1.40. The van der Waals surface area contributed by atoms with Crippen molar-refractivity contribution in [3.8, 4) is 17.2 Å². The van der Waals surface area contributed by atoms with E-state index in [1.807, 2.05) is 0 Å². The molecule has 3 rings (SSSR count). The third kappa shape index (κ3) is 2.22. The van der Waals surface area contributed by atoms with Crippen LogP contribution in [0.5, 0.6) is 11.5 Å². The molecule has 2 N–H and O–H groups in total. The Morgan fingerprint density at radius 1 is 1.14 bits per heavy atom. The molecule has 2 aromatic carbocycles. The first kappa shape index (κ1) is 13.9. The molecule has 110 valence electrons. The number of benzene rings is 2. The highest BCUT2D eigenvalue weighted by Gasteiger charge is 2.12. The van der Waals surface area contributed by atoms with Crippen LogP contribution in [0, 0.1) is 0 Å². The molecule has 0 aliphatic carbocycles. The number of aromatic hydroxyl groups is 2. The van der Waals surface area contributed by atoms with E-state index < -0.39 is 0 Å². The van der Waals surface area contributed by atoms with Crippen LogP contribution in [-0.2, 0) is 0 Å². The number of phenols is 2. The van der Waals surface area contributed by atoms with Crippen LogP contribution in [0.2, 0.25) is 0 Å². The van der Waals surface area contributed by atoms with E-state index in [0.29, 0.717) is 27.7 Å². The maximum absolute atomic E-state index is 12.8. The van der Waals surface area contributed by atoms with E-state index in [4.69, 9.17) is 0 Å². The first-order valence-electron chi connectivity index (χ1n) is 6.67. The highest BCUT2D eigenvalue weighted by atomic mass is 16.3. The predicted molar refractivity (Wildman–Crippen MR) is 85.4 cm³/mol. The van der Waals surface area contributed by atoms with Gasteiger partial charge in [-0.15, -0.1) is 0 Å². The number of hydrogen-bond donors (Lipinski definition) is 2. The first-order chi connectivity index (χ1) is 10.5. The molecule has 5 nitrogen and oxygen atoms in total. The predicted octanol–water partition coefficient (Wildman–Crippen LogP) is 2.83. The summed E-state index contributed by atoms with van der Waals surface area (Å²) in [4.78, 5) is 17.0. The molecule has 0 aliphatic heterocycles. The maximum Gasteiger partial charge on any atom is 0.266 e. The summed E-state index contributed by atoms with van der Waals surface area (Å²) in [6.45, 7) is 5.62. The molecule has 1 aromatic heterocycles. The van der Waals surface area contributed by atoms with Gasteiger partial charge in [0, 0.05) is 6.07 Å². The molecule has 1 heterocycles. The standard InChI is InChI=1S/C17H14N2O3/c1-10(2)14-7-13(21)8-15-16(14)17(22)19(9-18-15)11-3-5-12(20)6-4-11/h3-9,20-21H,1H2,2H3. The van der Waals surface area contributed by atoms with Crippen molar-refractivity contribution in [2.75, 3.05) is 0 Å². The van der Waals surface area contributed by atoms with Crippen LogP contribution in [0.15, 0.2) is 54.1 Å². The Kier molecular flexibility index (Phi) is 3.18. The number of allylic oxidation sites excluding steroid dienone is 1. The van der Waals surface area contributed by atoms with Gasteiger partial charge in [0.15, 0.2) is 0 Å². The minimum absolute atomic E-state index is 0.0415. The zero-order valence-corrected chi connectivity index (χ0v) is 11.9. The second-order valence-corrected chi connectivity index (χ2v) is 5.10. The number of hydrogen-bond acceptors (Lipinski definition) is 4. The fourth-order valence-electron chi connectivity index (χ4n) is 2.37. The summed E-state index contributed by atoms with van der Waals surface area (Å²) < 4.78 is 1.39. The molecule has 0 saturated heterocycles. The van der Waals surface area contributed by atoms with Crippen LogP contribution in [0.1, 0.15) is 12.5 Å². The van der Waals surface area contributed by atoms with Gasteiger partial charge in [0.1, 0.15) is 17.8 Å². The van der Waals surface area contributed by atoms with Crippen LogP contribution in [0.4, 0.5) is 0 Å². The largest absolute Gasteiger partial charge is 0.508 e. The smallest absolute Gasteiger partial charge is 0.266 e. The van der Waals surface area contributed by atoms with E-state index in [2.05, 4.69) is 11.6 Å². The molecule has 0 fully saturated rings. The minimum atomic E-state index is -0.256. The third-order valence-corrected chi connectivity index (χ3v) is 3.43. The monoisotopic (exact) mass is 294 g/mol. The molecule has 0 unspecified atom stereocenters. The SMILES string of the molecule is C=C(C)c1cc(O)cc2ncn(-c3ccc(O)cc3)c(=O)c12. The Balaban J connectivity index is 2.36. The highest BCUT2D eigenvalue weighted by molar-refractivity contribution is 5.91. The molecular formula is C17H14N2O3. The Labute approximate surface area is 126 Å². The van der Waals surface area contributed by atoms with Crippen molar-refractivity contribution in [2.45, 2.75) is 6.92 Å². The average Bonchev–Trinajstić information content (AvgIpc) is 2.48. The Bertz CT molecular complexity index is 941. The lowest BCUT2D eigenvalue weighted by atomic mass is 10.0. The zero-order valence-electron chi connectivity index (χ0n) is 11.9. The van der Waals surface area contributed by atoms with E-state index in [-0.39, 0.29) is 17.1 Å². The maximum atomic E-state index is 12.8. The van der Waals surface area contributed by atoms with Gasteiger partial charge in [0.2, 0.25) is 0 Å². The Morgan fingerprint density at radius 2 is 1.82 bits per heavy atom. The number of fused-ring (bicyclic) bond motifs is 1. The second kappa shape index (κ2) is 5.04. The topological polar surface area (TPSA) is 75.3 Å². The van der Waals surface area contributed by atoms with Gasteiger partial charge < -0.3 is 10.2 Å². The Morgan fingerprint density at radius 3 is 2.45 bits per heavy atom. The van der Waals surface area contributed by atoms with E-state index in [1.165, 1.54) is 35.2 Å². The van der Waals surface area contributed by atoms with Crippen molar-refractivity contribution in [1.29, 1.82) is 0 Å². The molecule has 0 atom stereocenters. The summed E-state index contributed by atoms with van der Waals surface area (Å²) in [5.41, 5.74) is 1.99. The van der Waals surface area contributed by atoms with Crippen molar-refractivity contribution < 1.29 is 10.2 Å². The van der Waals surface area contributed by atoms with E-state index >= 15 is 0 Å². The van der Waals surface area contributed by atoms with Gasteiger partial charge in [0.25, 0.3) is 5.56 Å². The average molecular weight is 294 g/mol. The fourth-order valence-corrected chi connectivity index (χ4v) is 2.37. The lowest BCUT2D eigenvalue weighted by molar-refractivity contribution is 0.474. The fraction of sp³-hybridized carbons (Fsp3) is 0.0588. The quantitative estimate of drug-likeness (QED) is 0.762. The van der Waals surface area contributed by atoms with Crippen molar-refractivity contribution in [1.82, 2.24) is 9.55 Å². The highest BCUT2D eigenvalue weighted by Crippen LogP contribution is 2.26. The van der Waals surface area contributed by atoms with Gasteiger partial charge in [-0.05, 0) is 42.8 Å². The summed E-state index contributed by atoms with van der Waals surface area (Å²) in [6, 6.07) is 9.22. The lowest BCUT2D eigenvalue weighted by Gasteiger charge is -2.10. The van der Waals surface area contributed by atoms with Crippen molar-refractivity contribution >= 4 is 16.5 Å². The molecule has 0 radical (unpaired) electrons. The number of aromatic nitrogens is 2. The summed E-state index contributed by atoms with van der Waals surface area (Å²) in [7, 11) is 0. The number of nitrogens with zero attached hydrogens (tertiary/aromatic N) is 2. The van der Waals surface area contributed by atoms with Crippen LogP contribution in [0.3, 0.4) is 0 Å². The number of rotatable bonds is 2. The molecule has 22 heavy (non-hydrogen) atoms. The minimum Gasteiger partial charge on any atom is -0.508 e. The van der Waals surface area contributed by atoms with Gasteiger partial charge in [-0.1, -0.05) is 12.2 Å². The lowest BCUT2D eigenvalue weighted by Crippen LogP contribution is -2.19. The van der Waals surface area contributed by atoms with E-state index in [1.54, 1.807) is 19.1 Å². The second-order valence-electron chi connectivity index (χ2n) is 5.10. The molecule has 0 aliphatic rings. The normalized spacial score (nSPS) is 10.8. The molecular weight excluding hydrogens is 280 g/mol. The molecule has 3 aromatic rings. The van der Waals surface area contributed by atoms with Crippen molar-refractivity contribution in [3.05, 3.63) is 65.2 Å². The Hall–Kier alpha value is -3.08. The van der Waals surface area contributed by atoms with E-state index in [9.17, 15) is 15.0 Å². The molecule has 5 heteroatoms. The van der Waals surface area contributed by atoms with Crippen LogP contribution in [-0.4, -0.2) is 19.8 Å². The van der Waals surface area contributed by atoms with Gasteiger partial charge in [-0.2, -0.15) is 0 Å². The zero-order chi connectivity index (χ0) is 15.9. The van der Waals surface area contributed by atoms with Crippen LogP contribution < -0.4 is 5.56 Å². The van der Waals surface area contributed by atoms with Gasteiger partial charge >= 0.3 is 0 Å². The van der Waals surface area contributed by atoms with Crippen LogP contribution >= 0.6 is 0 Å². The van der Waals surface area contributed by atoms with Crippen molar-refractivity contribution in [3.63, 3.8) is 0 Å². The molecule has 0 saturated carbocycles. The van der Waals surface area contributed by atoms with Crippen molar-refractivity contribution in [2.24, 2.45) is 0 Å². The molecule has 0 amide bonds. The van der Waals surface area contributed by atoms with Gasteiger partial charge in [-0.3, -0.25) is 9.36 Å². The first-order valence-corrected chi connectivity index (χ1v) is 6.67. The van der Waals surface area contributed by atoms with Gasteiger partial charge in [-0.25, -0.2) is 4.98 Å². The third-order valence-electron chi connectivity index (χ3n) is 3.43. The summed E-state index contributed by atoms with van der Waals surface area (Å²) >= 11 is 0.